The van der Waals surface area contributed by atoms with E-state index in [2.05, 4.69) is 17.6 Å². The second-order valence-electron chi connectivity index (χ2n) is 6.95. The Kier molecular flexibility index (Phi) is 4.11. The van der Waals surface area contributed by atoms with Crippen molar-refractivity contribution in [1.29, 1.82) is 0 Å². The van der Waals surface area contributed by atoms with Gasteiger partial charge in [-0.15, -0.1) is 0 Å². The zero-order valence-corrected chi connectivity index (χ0v) is 12.2. The number of amides is 1. The molecule has 4 fully saturated rings. The average Bonchev–Trinajstić information content (AvgIpc) is 2.37. The average molecular weight is 264 g/mol. The third-order valence-corrected chi connectivity index (χ3v) is 5.61. The summed E-state index contributed by atoms with van der Waals surface area (Å²) in [7, 11) is 0. The van der Waals surface area contributed by atoms with Crippen molar-refractivity contribution in [3.63, 3.8) is 0 Å². The predicted octanol–water partition coefficient (Wildman–Crippen LogP) is 2.17. The highest BCUT2D eigenvalue weighted by molar-refractivity contribution is 5.79. The third kappa shape index (κ3) is 2.81. The summed E-state index contributed by atoms with van der Waals surface area (Å²) in [6.07, 6.45) is 7.85. The number of carbonyl (C=O) groups is 1. The van der Waals surface area contributed by atoms with Gasteiger partial charge in [-0.2, -0.15) is 0 Å². The van der Waals surface area contributed by atoms with Crippen molar-refractivity contribution in [2.75, 3.05) is 19.6 Å². The van der Waals surface area contributed by atoms with Crippen molar-refractivity contribution in [3.8, 4) is 0 Å². The lowest BCUT2D eigenvalue weighted by atomic mass is 9.51. The van der Waals surface area contributed by atoms with Gasteiger partial charge in [-0.25, -0.2) is 0 Å². The van der Waals surface area contributed by atoms with E-state index >= 15 is 0 Å². The second kappa shape index (κ2) is 5.82. The predicted molar refractivity (Wildman–Crippen MR) is 76.7 cm³/mol. The zero-order chi connectivity index (χ0) is 13.2. The SMILES string of the molecule is CCNCCCNC(=O)C1C2CC3CC(C2)CC1C3. The molecule has 0 aromatic carbocycles. The van der Waals surface area contributed by atoms with E-state index in [0.717, 1.165) is 37.9 Å². The maximum Gasteiger partial charge on any atom is 0.223 e. The van der Waals surface area contributed by atoms with Crippen molar-refractivity contribution in [1.82, 2.24) is 10.6 Å². The number of rotatable bonds is 6. The van der Waals surface area contributed by atoms with Crippen LogP contribution in [0.15, 0.2) is 0 Å². The van der Waals surface area contributed by atoms with Crippen LogP contribution < -0.4 is 10.6 Å². The molecule has 19 heavy (non-hydrogen) atoms. The molecule has 4 aliphatic rings. The molecule has 108 valence electrons. The lowest BCUT2D eigenvalue weighted by Crippen LogP contribution is -2.51. The molecule has 2 N–H and O–H groups in total. The lowest BCUT2D eigenvalue weighted by Gasteiger charge is -2.53. The smallest absolute Gasteiger partial charge is 0.223 e. The Balaban J connectivity index is 1.47. The summed E-state index contributed by atoms with van der Waals surface area (Å²) >= 11 is 0. The molecular formula is C16H28N2O. The van der Waals surface area contributed by atoms with Crippen LogP contribution in [0.5, 0.6) is 0 Å². The summed E-state index contributed by atoms with van der Waals surface area (Å²) in [5.74, 6) is 4.06. The van der Waals surface area contributed by atoms with Gasteiger partial charge in [0.2, 0.25) is 5.91 Å². The van der Waals surface area contributed by atoms with Gasteiger partial charge in [-0.3, -0.25) is 4.79 Å². The molecule has 0 aromatic heterocycles. The van der Waals surface area contributed by atoms with E-state index in [0.29, 0.717) is 23.7 Å². The summed E-state index contributed by atoms with van der Waals surface area (Å²) in [6.45, 7) is 4.99. The molecule has 3 nitrogen and oxygen atoms in total. The highest BCUT2D eigenvalue weighted by atomic mass is 16.1. The molecular weight excluding hydrogens is 236 g/mol. The van der Waals surface area contributed by atoms with Crippen molar-refractivity contribution >= 4 is 5.91 Å². The van der Waals surface area contributed by atoms with E-state index in [9.17, 15) is 4.79 Å². The summed E-state index contributed by atoms with van der Waals surface area (Å²) in [4.78, 5) is 12.4. The summed E-state index contributed by atoms with van der Waals surface area (Å²) in [5.41, 5.74) is 0. The lowest BCUT2D eigenvalue weighted by molar-refractivity contribution is -0.138. The number of hydrogen-bond donors (Lipinski definition) is 2. The Hall–Kier alpha value is -0.570. The number of carbonyl (C=O) groups excluding carboxylic acids is 1. The van der Waals surface area contributed by atoms with E-state index in [1.165, 1.54) is 32.1 Å². The standard InChI is InChI=1S/C16H28N2O/c1-2-17-4-3-5-18-16(19)15-13-7-11-6-12(9-13)10-14(15)8-11/h11-15,17H,2-10H2,1H3,(H,18,19). The molecule has 0 saturated heterocycles. The Labute approximate surface area is 116 Å². The first-order valence-corrected chi connectivity index (χ1v) is 8.26. The van der Waals surface area contributed by atoms with Crippen LogP contribution in [0.1, 0.15) is 45.4 Å². The van der Waals surface area contributed by atoms with Gasteiger partial charge in [0.25, 0.3) is 0 Å². The van der Waals surface area contributed by atoms with Gasteiger partial charge in [-0.05, 0) is 75.3 Å². The minimum absolute atomic E-state index is 0.354. The van der Waals surface area contributed by atoms with Crippen LogP contribution in [0.4, 0.5) is 0 Å². The fourth-order valence-electron chi connectivity index (χ4n) is 5.07. The summed E-state index contributed by atoms with van der Waals surface area (Å²) in [5, 5.41) is 6.49. The normalized spacial score (nSPS) is 39.5. The molecule has 0 radical (unpaired) electrons. The van der Waals surface area contributed by atoms with Gasteiger partial charge in [0.15, 0.2) is 0 Å². The van der Waals surface area contributed by atoms with E-state index in [-0.39, 0.29) is 0 Å². The molecule has 4 saturated carbocycles. The van der Waals surface area contributed by atoms with E-state index in [4.69, 9.17) is 0 Å². The van der Waals surface area contributed by atoms with E-state index < -0.39 is 0 Å². The third-order valence-electron chi connectivity index (χ3n) is 5.61. The van der Waals surface area contributed by atoms with Crippen LogP contribution in [0.3, 0.4) is 0 Å². The van der Waals surface area contributed by atoms with Crippen molar-refractivity contribution in [2.24, 2.45) is 29.6 Å². The zero-order valence-electron chi connectivity index (χ0n) is 12.2. The quantitative estimate of drug-likeness (QED) is 0.722. The topological polar surface area (TPSA) is 41.1 Å². The van der Waals surface area contributed by atoms with Crippen LogP contribution in [-0.4, -0.2) is 25.5 Å². The molecule has 0 atom stereocenters. The van der Waals surface area contributed by atoms with Gasteiger partial charge in [0, 0.05) is 12.5 Å². The molecule has 4 rings (SSSR count). The number of nitrogens with one attached hydrogen (secondary N) is 2. The van der Waals surface area contributed by atoms with Gasteiger partial charge in [-0.1, -0.05) is 6.92 Å². The second-order valence-corrected chi connectivity index (χ2v) is 6.95. The van der Waals surface area contributed by atoms with E-state index in [1.54, 1.807) is 0 Å². The first-order valence-electron chi connectivity index (χ1n) is 8.26. The van der Waals surface area contributed by atoms with E-state index in [1.807, 2.05) is 0 Å². The molecule has 0 heterocycles. The monoisotopic (exact) mass is 264 g/mol. The van der Waals surface area contributed by atoms with Crippen LogP contribution >= 0.6 is 0 Å². The van der Waals surface area contributed by atoms with Crippen LogP contribution in [0.25, 0.3) is 0 Å². The highest BCUT2D eigenvalue weighted by Crippen LogP contribution is 2.56. The largest absolute Gasteiger partial charge is 0.356 e. The summed E-state index contributed by atoms with van der Waals surface area (Å²) in [6, 6.07) is 0. The Morgan fingerprint density at radius 2 is 1.63 bits per heavy atom. The Morgan fingerprint density at radius 3 is 2.21 bits per heavy atom. The first kappa shape index (κ1) is 13.4. The number of hydrogen-bond acceptors (Lipinski definition) is 2. The Bertz CT molecular complexity index is 301. The molecule has 0 unspecified atom stereocenters. The summed E-state index contributed by atoms with van der Waals surface area (Å²) < 4.78 is 0. The highest BCUT2D eigenvalue weighted by Gasteiger charge is 2.50. The van der Waals surface area contributed by atoms with Crippen molar-refractivity contribution < 1.29 is 4.79 Å². The van der Waals surface area contributed by atoms with Crippen LogP contribution in [-0.2, 0) is 4.79 Å². The maximum atomic E-state index is 12.4. The molecule has 1 amide bonds. The van der Waals surface area contributed by atoms with Crippen LogP contribution in [0.2, 0.25) is 0 Å². The fraction of sp³-hybridized carbons (Fsp3) is 0.938. The first-order chi connectivity index (χ1) is 9.28. The Morgan fingerprint density at radius 1 is 1.00 bits per heavy atom. The van der Waals surface area contributed by atoms with Crippen LogP contribution in [0, 0.1) is 29.6 Å². The molecule has 0 aliphatic heterocycles. The van der Waals surface area contributed by atoms with Gasteiger partial charge < -0.3 is 10.6 Å². The minimum Gasteiger partial charge on any atom is -0.356 e. The fourth-order valence-corrected chi connectivity index (χ4v) is 5.07. The molecule has 0 spiro atoms. The molecule has 4 bridgehead atoms. The minimum atomic E-state index is 0.354. The molecule has 0 aromatic rings. The van der Waals surface area contributed by atoms with Crippen molar-refractivity contribution in [2.45, 2.75) is 45.4 Å². The van der Waals surface area contributed by atoms with Crippen molar-refractivity contribution in [3.05, 3.63) is 0 Å². The van der Waals surface area contributed by atoms with Gasteiger partial charge >= 0.3 is 0 Å². The van der Waals surface area contributed by atoms with Gasteiger partial charge in [0.05, 0.1) is 0 Å². The van der Waals surface area contributed by atoms with Gasteiger partial charge in [0.1, 0.15) is 0 Å². The maximum absolute atomic E-state index is 12.4. The molecule has 4 aliphatic carbocycles. The molecule has 3 heteroatoms.